The van der Waals surface area contributed by atoms with Gasteiger partial charge in [-0.2, -0.15) is 5.10 Å². The zero-order valence-electron chi connectivity index (χ0n) is 16.8. The third-order valence-corrected chi connectivity index (χ3v) is 6.28. The number of nitrogens with one attached hydrogen (secondary N) is 2. The Kier molecular flexibility index (Phi) is 8.46. The summed E-state index contributed by atoms with van der Waals surface area (Å²) in [6, 6.07) is 10.2. The molecular formula is C19H30N6O2S. The maximum atomic E-state index is 11.7. The van der Waals surface area contributed by atoms with Crippen LogP contribution in [-0.4, -0.2) is 67.9 Å². The zero-order chi connectivity index (χ0) is 20.4. The molecule has 1 heterocycles. The first-order chi connectivity index (χ1) is 13.5. The highest BCUT2D eigenvalue weighted by molar-refractivity contribution is 7.89. The number of benzene rings is 1. The summed E-state index contributed by atoms with van der Waals surface area (Å²) in [5.41, 5.74) is 2.26. The predicted molar refractivity (Wildman–Crippen MR) is 113 cm³/mol. The van der Waals surface area contributed by atoms with Crippen LogP contribution in [0, 0.1) is 0 Å². The summed E-state index contributed by atoms with van der Waals surface area (Å²) < 4.78 is 26.7. The van der Waals surface area contributed by atoms with E-state index >= 15 is 0 Å². The molecule has 0 saturated heterocycles. The lowest BCUT2D eigenvalue weighted by Gasteiger charge is -2.17. The van der Waals surface area contributed by atoms with E-state index in [4.69, 9.17) is 0 Å². The van der Waals surface area contributed by atoms with E-state index in [2.05, 4.69) is 45.0 Å². The standard InChI is InChI=1S/C19H30N6O2S/c1-4-28(26,27)24(3)15-5-12-21-19(20-2)22-14-11-17-7-9-18(10-8-17)25-16-6-13-23-25/h6-10,13,16H,4-5,11-12,14-15H2,1-3H3,(H2,20,21,22). The van der Waals surface area contributed by atoms with Crippen molar-refractivity contribution in [1.29, 1.82) is 0 Å². The van der Waals surface area contributed by atoms with Crippen LogP contribution in [0.4, 0.5) is 0 Å². The first kappa shape index (κ1) is 21.9. The van der Waals surface area contributed by atoms with E-state index in [0.29, 0.717) is 25.5 Å². The van der Waals surface area contributed by atoms with Crippen LogP contribution in [0.3, 0.4) is 0 Å². The smallest absolute Gasteiger partial charge is 0.213 e. The summed E-state index contributed by atoms with van der Waals surface area (Å²) in [6.07, 6.45) is 5.27. The van der Waals surface area contributed by atoms with Crippen LogP contribution in [0.1, 0.15) is 18.9 Å². The topological polar surface area (TPSA) is 91.6 Å². The van der Waals surface area contributed by atoms with E-state index in [9.17, 15) is 8.42 Å². The van der Waals surface area contributed by atoms with Crippen LogP contribution in [-0.2, 0) is 16.4 Å². The van der Waals surface area contributed by atoms with Crippen molar-refractivity contribution in [3.8, 4) is 5.69 Å². The van der Waals surface area contributed by atoms with Crippen molar-refractivity contribution in [3.63, 3.8) is 0 Å². The summed E-state index contributed by atoms with van der Waals surface area (Å²) in [6.45, 7) is 3.55. The van der Waals surface area contributed by atoms with E-state index in [1.165, 1.54) is 9.87 Å². The lowest BCUT2D eigenvalue weighted by atomic mass is 10.1. The highest BCUT2D eigenvalue weighted by Crippen LogP contribution is 2.08. The molecule has 28 heavy (non-hydrogen) atoms. The van der Waals surface area contributed by atoms with Crippen molar-refractivity contribution in [3.05, 3.63) is 48.3 Å². The third kappa shape index (κ3) is 6.65. The molecule has 1 aromatic heterocycles. The van der Waals surface area contributed by atoms with E-state index in [0.717, 1.165) is 18.7 Å². The molecule has 0 aliphatic carbocycles. The summed E-state index contributed by atoms with van der Waals surface area (Å²) in [7, 11) is 0.226. The van der Waals surface area contributed by atoms with Crippen LogP contribution in [0.5, 0.6) is 0 Å². The molecule has 0 bridgehead atoms. The minimum Gasteiger partial charge on any atom is -0.356 e. The fraction of sp³-hybridized carbons (Fsp3) is 0.474. The number of rotatable bonds is 10. The van der Waals surface area contributed by atoms with Crippen molar-refractivity contribution in [2.75, 3.05) is 39.5 Å². The molecule has 9 heteroatoms. The minimum atomic E-state index is -3.11. The molecule has 2 aromatic rings. The lowest BCUT2D eigenvalue weighted by Crippen LogP contribution is -2.39. The first-order valence-corrected chi connectivity index (χ1v) is 11.0. The maximum absolute atomic E-state index is 11.7. The lowest BCUT2D eigenvalue weighted by molar-refractivity contribution is 0.461. The van der Waals surface area contributed by atoms with Gasteiger partial charge in [-0.3, -0.25) is 4.99 Å². The molecule has 8 nitrogen and oxygen atoms in total. The second-order valence-electron chi connectivity index (χ2n) is 6.37. The van der Waals surface area contributed by atoms with Gasteiger partial charge >= 0.3 is 0 Å². The van der Waals surface area contributed by atoms with E-state index < -0.39 is 10.0 Å². The molecule has 2 N–H and O–H groups in total. The highest BCUT2D eigenvalue weighted by atomic mass is 32.2. The number of hydrogen-bond acceptors (Lipinski definition) is 4. The molecule has 0 saturated carbocycles. The van der Waals surface area contributed by atoms with Crippen LogP contribution >= 0.6 is 0 Å². The molecule has 154 valence electrons. The molecule has 0 spiro atoms. The number of aliphatic imine (C=N–C) groups is 1. The Morgan fingerprint density at radius 1 is 1.21 bits per heavy atom. The zero-order valence-corrected chi connectivity index (χ0v) is 17.6. The average Bonchev–Trinajstić information content (AvgIpc) is 3.24. The SMILES string of the molecule is CCS(=O)(=O)N(C)CCCNC(=NC)NCCc1ccc(-n2cccn2)cc1. The van der Waals surface area contributed by atoms with Gasteiger partial charge in [-0.05, 0) is 43.5 Å². The van der Waals surface area contributed by atoms with Crippen LogP contribution in [0.15, 0.2) is 47.7 Å². The minimum absolute atomic E-state index is 0.128. The second kappa shape index (κ2) is 10.8. The van der Waals surface area contributed by atoms with Gasteiger partial charge in [0.1, 0.15) is 0 Å². The molecule has 0 amide bonds. The molecule has 0 aliphatic heterocycles. The van der Waals surface area contributed by atoms with Gasteiger partial charge in [0.2, 0.25) is 10.0 Å². The fourth-order valence-electron chi connectivity index (χ4n) is 2.65. The first-order valence-electron chi connectivity index (χ1n) is 9.43. The second-order valence-corrected chi connectivity index (χ2v) is 8.73. The molecule has 2 rings (SSSR count). The Bertz CT molecular complexity index is 832. The Hall–Kier alpha value is -2.39. The molecule has 0 fully saturated rings. The van der Waals surface area contributed by atoms with Gasteiger partial charge < -0.3 is 10.6 Å². The van der Waals surface area contributed by atoms with Gasteiger partial charge in [0.15, 0.2) is 5.96 Å². The van der Waals surface area contributed by atoms with E-state index in [1.54, 1.807) is 27.2 Å². The van der Waals surface area contributed by atoms with Crippen molar-refractivity contribution in [1.82, 2.24) is 24.7 Å². The van der Waals surface area contributed by atoms with Gasteiger partial charge in [-0.25, -0.2) is 17.4 Å². The van der Waals surface area contributed by atoms with Gasteiger partial charge in [-0.1, -0.05) is 12.1 Å². The Morgan fingerprint density at radius 3 is 2.54 bits per heavy atom. The van der Waals surface area contributed by atoms with Crippen molar-refractivity contribution in [2.45, 2.75) is 19.8 Å². The van der Waals surface area contributed by atoms with Gasteiger partial charge in [-0.15, -0.1) is 0 Å². The summed E-state index contributed by atoms with van der Waals surface area (Å²) >= 11 is 0. The quantitative estimate of drug-likeness (QED) is 0.352. The largest absolute Gasteiger partial charge is 0.356 e. The number of hydrogen-bond donors (Lipinski definition) is 2. The van der Waals surface area contributed by atoms with Crippen molar-refractivity contribution < 1.29 is 8.42 Å². The normalized spacial score (nSPS) is 12.4. The van der Waals surface area contributed by atoms with Gasteiger partial charge in [0.05, 0.1) is 11.4 Å². The maximum Gasteiger partial charge on any atom is 0.213 e. The van der Waals surface area contributed by atoms with E-state index in [-0.39, 0.29) is 5.75 Å². The molecule has 0 unspecified atom stereocenters. The van der Waals surface area contributed by atoms with Crippen LogP contribution < -0.4 is 10.6 Å². The fourth-order valence-corrected chi connectivity index (χ4v) is 3.50. The number of guanidine groups is 1. The number of nitrogens with zero attached hydrogens (tertiary/aromatic N) is 4. The molecule has 0 atom stereocenters. The summed E-state index contributed by atoms with van der Waals surface area (Å²) in [5, 5.41) is 10.7. The Labute approximate surface area is 167 Å². The predicted octanol–water partition coefficient (Wildman–Crippen LogP) is 1.25. The van der Waals surface area contributed by atoms with E-state index in [1.807, 2.05) is 16.9 Å². The summed E-state index contributed by atoms with van der Waals surface area (Å²) in [5.74, 6) is 0.845. The highest BCUT2D eigenvalue weighted by Gasteiger charge is 2.13. The third-order valence-electron chi connectivity index (χ3n) is 4.42. The van der Waals surface area contributed by atoms with Crippen LogP contribution in [0.2, 0.25) is 0 Å². The Balaban J connectivity index is 1.68. The summed E-state index contributed by atoms with van der Waals surface area (Å²) in [4.78, 5) is 4.20. The van der Waals surface area contributed by atoms with Gasteiger partial charge in [0, 0.05) is 46.1 Å². The monoisotopic (exact) mass is 406 g/mol. The number of sulfonamides is 1. The van der Waals surface area contributed by atoms with Crippen molar-refractivity contribution in [2.24, 2.45) is 4.99 Å². The molecular weight excluding hydrogens is 376 g/mol. The van der Waals surface area contributed by atoms with Crippen molar-refractivity contribution >= 4 is 16.0 Å². The number of aromatic nitrogens is 2. The average molecular weight is 407 g/mol. The van der Waals surface area contributed by atoms with Gasteiger partial charge in [0.25, 0.3) is 0 Å². The Morgan fingerprint density at radius 2 is 1.93 bits per heavy atom. The molecule has 0 aliphatic rings. The molecule has 0 radical (unpaired) electrons. The van der Waals surface area contributed by atoms with Crippen LogP contribution in [0.25, 0.3) is 5.69 Å². The molecule has 1 aromatic carbocycles.